The second-order valence-corrected chi connectivity index (χ2v) is 7.22. The number of aryl methyl sites for hydroxylation is 2. The van der Waals surface area contributed by atoms with E-state index in [-0.39, 0.29) is 0 Å². The van der Waals surface area contributed by atoms with Gasteiger partial charge in [0, 0.05) is 5.02 Å². The van der Waals surface area contributed by atoms with E-state index in [0.29, 0.717) is 11.1 Å². The van der Waals surface area contributed by atoms with Crippen molar-refractivity contribution in [1.82, 2.24) is 4.98 Å². The van der Waals surface area contributed by atoms with Crippen LogP contribution in [0, 0.1) is 0 Å². The van der Waals surface area contributed by atoms with E-state index in [4.69, 9.17) is 16.0 Å². The summed E-state index contributed by atoms with van der Waals surface area (Å²) in [6.07, 6.45) is 4.11. The van der Waals surface area contributed by atoms with Gasteiger partial charge in [-0.25, -0.2) is 4.79 Å². The molecule has 4 aromatic rings. The van der Waals surface area contributed by atoms with Crippen LogP contribution in [-0.2, 0) is 12.8 Å². The highest BCUT2D eigenvalue weighted by Gasteiger charge is 2.18. The van der Waals surface area contributed by atoms with E-state index in [1.165, 1.54) is 27.8 Å². The van der Waals surface area contributed by atoms with Crippen LogP contribution in [0.15, 0.2) is 69.9 Å². The summed E-state index contributed by atoms with van der Waals surface area (Å²) in [6.45, 7) is 0. The summed E-state index contributed by atoms with van der Waals surface area (Å²) in [5, 5.41) is 0.761. The lowest BCUT2D eigenvalue weighted by atomic mass is 9.92. The van der Waals surface area contributed by atoms with Gasteiger partial charge in [0.2, 0.25) is 0 Å². The lowest BCUT2D eigenvalue weighted by Crippen LogP contribution is -1.93. The molecular formula is C23H16ClNO2. The number of hydrogen-bond acceptors (Lipinski definition) is 2. The van der Waals surface area contributed by atoms with Crippen LogP contribution in [0.3, 0.4) is 0 Å². The molecule has 1 aliphatic rings. The summed E-state index contributed by atoms with van der Waals surface area (Å²) >= 11 is 6.25. The predicted molar refractivity (Wildman–Crippen MR) is 109 cm³/mol. The van der Waals surface area contributed by atoms with Crippen molar-refractivity contribution in [2.24, 2.45) is 0 Å². The van der Waals surface area contributed by atoms with Crippen molar-refractivity contribution >= 4 is 34.3 Å². The highest BCUT2D eigenvalue weighted by molar-refractivity contribution is 6.30. The molecule has 1 heterocycles. The van der Waals surface area contributed by atoms with Crippen LogP contribution in [-0.4, -0.2) is 4.98 Å². The number of halogens is 1. The summed E-state index contributed by atoms with van der Waals surface area (Å²) in [5.74, 6) is -0.436. The largest absolute Gasteiger partial charge is 0.417 e. The van der Waals surface area contributed by atoms with Gasteiger partial charge in [0.05, 0.1) is 5.52 Å². The van der Waals surface area contributed by atoms with Crippen molar-refractivity contribution in [3.8, 4) is 0 Å². The van der Waals surface area contributed by atoms with Crippen LogP contribution in [0.2, 0.25) is 5.02 Å². The van der Waals surface area contributed by atoms with Gasteiger partial charge >= 0.3 is 5.76 Å². The molecular weight excluding hydrogens is 358 g/mol. The highest BCUT2D eigenvalue weighted by Crippen LogP contribution is 2.36. The maximum atomic E-state index is 11.4. The van der Waals surface area contributed by atoms with Gasteiger partial charge in [-0.15, -0.1) is 0 Å². The number of aromatic nitrogens is 1. The SMILES string of the molecule is O=c1[nH]c2cc(C=C3c4ccccc4CCc4cc(Cl)ccc43)ccc2o1. The van der Waals surface area contributed by atoms with E-state index < -0.39 is 5.76 Å². The standard InChI is InChI=1S/C23H16ClNO2/c24-17-8-9-19-16(13-17)7-6-15-3-1-2-4-18(15)20(19)11-14-5-10-22-21(12-14)25-23(26)27-22/h1-5,8-13H,6-7H2,(H,25,26). The molecule has 1 N–H and O–H groups in total. The molecule has 1 aliphatic carbocycles. The average molecular weight is 374 g/mol. The molecule has 27 heavy (non-hydrogen) atoms. The van der Waals surface area contributed by atoms with Crippen LogP contribution >= 0.6 is 11.6 Å². The van der Waals surface area contributed by atoms with Gasteiger partial charge < -0.3 is 4.42 Å². The van der Waals surface area contributed by atoms with Gasteiger partial charge in [0.1, 0.15) is 0 Å². The first kappa shape index (κ1) is 16.2. The maximum absolute atomic E-state index is 11.4. The Morgan fingerprint density at radius 1 is 0.926 bits per heavy atom. The number of rotatable bonds is 1. The minimum atomic E-state index is -0.436. The summed E-state index contributed by atoms with van der Waals surface area (Å²) in [7, 11) is 0. The molecule has 0 radical (unpaired) electrons. The summed E-state index contributed by atoms with van der Waals surface area (Å²) in [4.78, 5) is 14.2. The Labute approximate surface area is 160 Å². The third-order valence-electron chi connectivity index (χ3n) is 5.08. The average Bonchev–Trinajstić information content (AvgIpc) is 2.97. The topological polar surface area (TPSA) is 46.0 Å². The zero-order valence-corrected chi connectivity index (χ0v) is 15.2. The number of fused-ring (bicyclic) bond motifs is 3. The molecule has 0 saturated heterocycles. The Bertz CT molecular complexity index is 1260. The van der Waals surface area contributed by atoms with Crippen molar-refractivity contribution in [3.63, 3.8) is 0 Å². The van der Waals surface area contributed by atoms with Gasteiger partial charge in [0.15, 0.2) is 5.58 Å². The molecule has 0 bridgehead atoms. The second-order valence-electron chi connectivity index (χ2n) is 6.79. The van der Waals surface area contributed by atoms with Gasteiger partial charge in [0.25, 0.3) is 0 Å². The molecule has 0 unspecified atom stereocenters. The van der Waals surface area contributed by atoms with E-state index in [9.17, 15) is 4.79 Å². The molecule has 5 rings (SSSR count). The van der Waals surface area contributed by atoms with E-state index in [1.54, 1.807) is 0 Å². The molecule has 0 spiro atoms. The van der Waals surface area contributed by atoms with Crippen molar-refractivity contribution in [2.75, 3.05) is 0 Å². The summed E-state index contributed by atoms with van der Waals surface area (Å²) < 4.78 is 5.11. The van der Waals surface area contributed by atoms with E-state index >= 15 is 0 Å². The zero-order chi connectivity index (χ0) is 18.4. The van der Waals surface area contributed by atoms with Crippen LogP contribution in [0.1, 0.15) is 27.8 Å². The number of hydrogen-bond donors (Lipinski definition) is 1. The molecule has 0 fully saturated rings. The number of aromatic amines is 1. The highest BCUT2D eigenvalue weighted by atomic mass is 35.5. The first-order chi connectivity index (χ1) is 13.2. The Kier molecular flexibility index (Phi) is 3.76. The first-order valence-electron chi connectivity index (χ1n) is 8.89. The fourth-order valence-electron chi connectivity index (χ4n) is 3.83. The Balaban J connectivity index is 1.75. The van der Waals surface area contributed by atoms with Gasteiger partial charge in [-0.1, -0.05) is 48.0 Å². The van der Waals surface area contributed by atoms with Crippen LogP contribution in [0.5, 0.6) is 0 Å². The van der Waals surface area contributed by atoms with E-state index in [1.807, 2.05) is 24.3 Å². The van der Waals surface area contributed by atoms with Gasteiger partial charge in [-0.05, 0) is 76.6 Å². The van der Waals surface area contributed by atoms with Crippen LogP contribution in [0.25, 0.3) is 22.7 Å². The number of H-pyrrole nitrogens is 1. The number of oxazole rings is 1. The predicted octanol–water partition coefficient (Wildman–Crippen LogP) is 5.46. The van der Waals surface area contributed by atoms with Crippen molar-refractivity contribution < 1.29 is 4.42 Å². The fraction of sp³-hybridized carbons (Fsp3) is 0.0870. The molecule has 1 aromatic heterocycles. The molecule has 132 valence electrons. The quantitative estimate of drug-likeness (QED) is 0.481. The second kappa shape index (κ2) is 6.29. The minimum Gasteiger partial charge on any atom is -0.408 e. The Morgan fingerprint density at radius 3 is 2.67 bits per heavy atom. The van der Waals surface area contributed by atoms with Crippen molar-refractivity contribution in [2.45, 2.75) is 12.8 Å². The fourth-order valence-corrected chi connectivity index (χ4v) is 4.02. The molecule has 4 heteroatoms. The monoisotopic (exact) mass is 373 g/mol. The molecule has 0 saturated carbocycles. The molecule has 0 atom stereocenters. The normalized spacial score (nSPS) is 14.8. The molecule has 3 nitrogen and oxygen atoms in total. The molecule has 3 aromatic carbocycles. The number of benzene rings is 3. The van der Waals surface area contributed by atoms with Crippen molar-refractivity contribution in [3.05, 3.63) is 104 Å². The summed E-state index contributed by atoms with van der Waals surface area (Å²) in [6, 6.07) is 20.4. The Hall–Kier alpha value is -3.04. The number of nitrogens with one attached hydrogen (secondary N) is 1. The third kappa shape index (κ3) is 2.90. The first-order valence-corrected chi connectivity index (χ1v) is 9.27. The van der Waals surface area contributed by atoms with Gasteiger partial charge in [-0.3, -0.25) is 4.98 Å². The lowest BCUT2D eigenvalue weighted by Gasteiger charge is -2.12. The van der Waals surface area contributed by atoms with Crippen molar-refractivity contribution in [1.29, 1.82) is 0 Å². The Morgan fingerprint density at radius 2 is 1.74 bits per heavy atom. The molecule has 0 aliphatic heterocycles. The third-order valence-corrected chi connectivity index (χ3v) is 5.32. The maximum Gasteiger partial charge on any atom is 0.417 e. The van der Waals surface area contributed by atoms with Crippen LogP contribution in [0.4, 0.5) is 0 Å². The smallest absolute Gasteiger partial charge is 0.408 e. The van der Waals surface area contributed by atoms with E-state index in [2.05, 4.69) is 47.5 Å². The van der Waals surface area contributed by atoms with Crippen LogP contribution < -0.4 is 5.76 Å². The zero-order valence-electron chi connectivity index (χ0n) is 14.5. The summed E-state index contributed by atoms with van der Waals surface area (Å²) in [5.41, 5.74) is 8.46. The molecule has 0 amide bonds. The minimum absolute atomic E-state index is 0.436. The lowest BCUT2D eigenvalue weighted by molar-refractivity contribution is 0.555. The van der Waals surface area contributed by atoms with E-state index in [0.717, 1.165) is 23.4 Å². The van der Waals surface area contributed by atoms with Gasteiger partial charge in [-0.2, -0.15) is 0 Å².